The third kappa shape index (κ3) is 4.52. The standard InChI is InChI=1S/C20H30N2O2/c1-23-19-9-8-18(20(14-19)24-2)16-22-12-10-21(11-13-22)15-17-6-4-3-5-7-17/h3-4,8-9,14,17H,5-7,10-13,15-16H2,1-2H3. The van der Waals surface area contributed by atoms with Crippen LogP contribution in [0, 0.1) is 5.92 Å². The van der Waals surface area contributed by atoms with E-state index in [1.165, 1.54) is 44.5 Å². The van der Waals surface area contributed by atoms with Crippen molar-refractivity contribution in [3.8, 4) is 11.5 Å². The first-order valence-electron chi connectivity index (χ1n) is 9.09. The fourth-order valence-electron chi connectivity index (χ4n) is 3.74. The highest BCUT2D eigenvalue weighted by Crippen LogP contribution is 2.26. The lowest BCUT2D eigenvalue weighted by Gasteiger charge is -2.37. The van der Waals surface area contributed by atoms with Crippen LogP contribution < -0.4 is 9.47 Å². The van der Waals surface area contributed by atoms with E-state index in [0.717, 1.165) is 37.1 Å². The van der Waals surface area contributed by atoms with Crippen molar-refractivity contribution in [2.24, 2.45) is 5.92 Å². The average molecular weight is 330 g/mol. The summed E-state index contributed by atoms with van der Waals surface area (Å²) in [6, 6.07) is 6.12. The molecule has 1 fully saturated rings. The van der Waals surface area contributed by atoms with Crippen LogP contribution in [0.25, 0.3) is 0 Å². The van der Waals surface area contributed by atoms with Crippen LogP contribution in [0.5, 0.6) is 11.5 Å². The van der Waals surface area contributed by atoms with Crippen LogP contribution >= 0.6 is 0 Å². The maximum atomic E-state index is 5.53. The van der Waals surface area contributed by atoms with E-state index in [2.05, 4.69) is 28.0 Å². The third-order valence-corrected chi connectivity index (χ3v) is 5.25. The molecule has 1 aromatic carbocycles. The van der Waals surface area contributed by atoms with Crippen molar-refractivity contribution < 1.29 is 9.47 Å². The molecule has 0 aromatic heterocycles. The lowest BCUT2D eigenvalue weighted by molar-refractivity contribution is 0.110. The number of rotatable bonds is 6. The number of piperazine rings is 1. The monoisotopic (exact) mass is 330 g/mol. The molecule has 0 spiro atoms. The van der Waals surface area contributed by atoms with Gasteiger partial charge >= 0.3 is 0 Å². The van der Waals surface area contributed by atoms with E-state index in [4.69, 9.17) is 9.47 Å². The summed E-state index contributed by atoms with van der Waals surface area (Å²) in [7, 11) is 3.42. The molecule has 4 nitrogen and oxygen atoms in total. The SMILES string of the molecule is COc1ccc(CN2CCN(CC3CC=CCC3)CC2)c(OC)c1. The number of nitrogens with zero attached hydrogens (tertiary/aromatic N) is 2. The summed E-state index contributed by atoms with van der Waals surface area (Å²) in [5.74, 6) is 2.64. The molecule has 1 unspecified atom stereocenters. The quantitative estimate of drug-likeness (QED) is 0.748. The Morgan fingerprint density at radius 1 is 1.00 bits per heavy atom. The van der Waals surface area contributed by atoms with Gasteiger partial charge < -0.3 is 14.4 Å². The Kier molecular flexibility index (Phi) is 6.16. The molecule has 0 bridgehead atoms. The molecule has 4 heteroatoms. The summed E-state index contributed by atoms with van der Waals surface area (Å²) in [6.07, 6.45) is 8.59. The molecule has 0 saturated carbocycles. The summed E-state index contributed by atoms with van der Waals surface area (Å²) in [6.45, 7) is 6.85. The van der Waals surface area contributed by atoms with Crippen molar-refractivity contribution in [3.63, 3.8) is 0 Å². The van der Waals surface area contributed by atoms with Gasteiger partial charge in [-0.15, -0.1) is 0 Å². The summed E-state index contributed by atoms with van der Waals surface area (Å²) in [5, 5.41) is 0. The van der Waals surface area contributed by atoms with Crippen LogP contribution in [0.15, 0.2) is 30.4 Å². The van der Waals surface area contributed by atoms with Crippen LogP contribution in [-0.2, 0) is 6.54 Å². The summed E-state index contributed by atoms with van der Waals surface area (Å²) in [5.41, 5.74) is 1.24. The second-order valence-corrected chi connectivity index (χ2v) is 6.91. The highest BCUT2D eigenvalue weighted by Gasteiger charge is 2.21. The minimum absolute atomic E-state index is 0.849. The van der Waals surface area contributed by atoms with Crippen molar-refractivity contribution in [1.29, 1.82) is 0 Å². The largest absolute Gasteiger partial charge is 0.497 e. The number of allylic oxidation sites excluding steroid dienone is 2. The van der Waals surface area contributed by atoms with Gasteiger partial charge in [0.1, 0.15) is 11.5 Å². The molecule has 1 aliphatic carbocycles. The maximum Gasteiger partial charge on any atom is 0.127 e. The summed E-state index contributed by atoms with van der Waals surface area (Å²) < 4.78 is 10.8. The third-order valence-electron chi connectivity index (χ3n) is 5.25. The van der Waals surface area contributed by atoms with Crippen molar-refractivity contribution in [3.05, 3.63) is 35.9 Å². The molecule has 1 aliphatic heterocycles. The van der Waals surface area contributed by atoms with Crippen molar-refractivity contribution in [2.45, 2.75) is 25.8 Å². The van der Waals surface area contributed by atoms with Crippen molar-refractivity contribution >= 4 is 0 Å². The number of ether oxygens (including phenoxy) is 2. The molecule has 1 aromatic rings. The van der Waals surface area contributed by atoms with Crippen molar-refractivity contribution in [2.75, 3.05) is 46.9 Å². The van der Waals surface area contributed by atoms with E-state index in [1.807, 2.05) is 12.1 Å². The topological polar surface area (TPSA) is 24.9 Å². The first-order valence-corrected chi connectivity index (χ1v) is 9.09. The molecule has 1 atom stereocenters. The van der Waals surface area contributed by atoms with Gasteiger partial charge in [-0.05, 0) is 31.2 Å². The normalized spacial score (nSPS) is 22.5. The van der Waals surface area contributed by atoms with E-state index < -0.39 is 0 Å². The Bertz CT molecular complexity index is 551. The molecule has 1 saturated heterocycles. The zero-order valence-corrected chi connectivity index (χ0v) is 15.0. The van der Waals surface area contributed by atoms with Gasteiger partial charge in [0, 0.05) is 50.9 Å². The maximum absolute atomic E-state index is 5.53. The van der Waals surface area contributed by atoms with Crippen LogP contribution in [0.1, 0.15) is 24.8 Å². The van der Waals surface area contributed by atoms with Gasteiger partial charge in [-0.3, -0.25) is 4.90 Å². The summed E-state index contributed by atoms with van der Waals surface area (Å²) >= 11 is 0. The molecule has 0 amide bonds. The average Bonchev–Trinajstić information content (AvgIpc) is 2.64. The smallest absolute Gasteiger partial charge is 0.127 e. The molecule has 0 N–H and O–H groups in total. The van der Waals surface area contributed by atoms with Gasteiger partial charge in [0.2, 0.25) is 0 Å². The van der Waals surface area contributed by atoms with Crippen LogP contribution in [0.4, 0.5) is 0 Å². The number of hydrogen-bond acceptors (Lipinski definition) is 4. The predicted molar refractivity (Wildman–Crippen MR) is 97.7 cm³/mol. The van der Waals surface area contributed by atoms with Crippen LogP contribution in [0.2, 0.25) is 0 Å². The molecule has 3 rings (SSSR count). The Balaban J connectivity index is 1.49. The minimum Gasteiger partial charge on any atom is -0.497 e. The molecular formula is C20H30N2O2. The highest BCUT2D eigenvalue weighted by atomic mass is 16.5. The molecule has 0 radical (unpaired) electrons. The van der Waals surface area contributed by atoms with Gasteiger partial charge in [0.25, 0.3) is 0 Å². The number of methoxy groups -OCH3 is 2. The summed E-state index contributed by atoms with van der Waals surface area (Å²) in [4.78, 5) is 5.17. The van der Waals surface area contributed by atoms with E-state index >= 15 is 0 Å². The molecule has 2 aliphatic rings. The highest BCUT2D eigenvalue weighted by molar-refractivity contribution is 5.40. The predicted octanol–water partition coefficient (Wildman–Crippen LogP) is 3.18. The van der Waals surface area contributed by atoms with E-state index in [9.17, 15) is 0 Å². The van der Waals surface area contributed by atoms with E-state index in [1.54, 1.807) is 14.2 Å². The molecule has 132 valence electrons. The minimum atomic E-state index is 0.849. The van der Waals surface area contributed by atoms with Gasteiger partial charge in [-0.25, -0.2) is 0 Å². The Morgan fingerprint density at radius 2 is 1.79 bits per heavy atom. The first kappa shape index (κ1) is 17.3. The fraction of sp³-hybridized carbons (Fsp3) is 0.600. The van der Waals surface area contributed by atoms with Crippen LogP contribution in [-0.4, -0.2) is 56.7 Å². The number of hydrogen-bond donors (Lipinski definition) is 0. The first-order chi connectivity index (χ1) is 11.8. The fourth-order valence-corrected chi connectivity index (χ4v) is 3.74. The number of benzene rings is 1. The second-order valence-electron chi connectivity index (χ2n) is 6.91. The molecule has 1 heterocycles. The van der Waals surface area contributed by atoms with Gasteiger partial charge in [0.15, 0.2) is 0 Å². The zero-order valence-electron chi connectivity index (χ0n) is 15.0. The second kappa shape index (κ2) is 8.54. The lowest BCUT2D eigenvalue weighted by Crippen LogP contribution is -2.47. The molecule has 24 heavy (non-hydrogen) atoms. The van der Waals surface area contributed by atoms with E-state index in [-0.39, 0.29) is 0 Å². The van der Waals surface area contributed by atoms with Gasteiger partial charge in [-0.2, -0.15) is 0 Å². The Hall–Kier alpha value is -1.52. The van der Waals surface area contributed by atoms with Crippen LogP contribution in [0.3, 0.4) is 0 Å². The Labute approximate surface area is 146 Å². The van der Waals surface area contributed by atoms with Gasteiger partial charge in [0.05, 0.1) is 14.2 Å². The lowest BCUT2D eigenvalue weighted by atomic mass is 9.94. The zero-order chi connectivity index (χ0) is 16.8. The van der Waals surface area contributed by atoms with Crippen molar-refractivity contribution in [1.82, 2.24) is 9.80 Å². The van der Waals surface area contributed by atoms with E-state index in [0.29, 0.717) is 0 Å². The molecular weight excluding hydrogens is 300 g/mol. The Morgan fingerprint density at radius 3 is 2.46 bits per heavy atom. The van der Waals surface area contributed by atoms with Gasteiger partial charge in [-0.1, -0.05) is 18.2 Å².